The molecular formula is C29H28F4N8OS. The molecule has 0 radical (unpaired) electrons. The van der Waals surface area contributed by atoms with Gasteiger partial charge in [-0.25, -0.2) is 17.6 Å². The fourth-order valence-electron chi connectivity index (χ4n) is 6.07. The number of hydrogen-bond donors (Lipinski definition) is 2. The van der Waals surface area contributed by atoms with Crippen molar-refractivity contribution in [3.05, 3.63) is 35.3 Å². The van der Waals surface area contributed by atoms with E-state index < -0.39 is 23.6 Å². The Hall–Kier alpha value is -3.80. The SMILES string of the molecule is N#Cc1c(N)sc2c(F)c(F)cc(-c3ncc4c(N5CCNCC5)nc(OCC5(CN6CC[C@@H](F)C6)CC5)nc4c3F)c12. The first-order valence-electron chi connectivity index (χ1n) is 14.2. The minimum atomic E-state index is -1.21. The average Bonchev–Trinajstić information content (AvgIpc) is 3.52. The number of benzene rings is 1. The number of pyridine rings is 1. The molecule has 0 unspecified atom stereocenters. The van der Waals surface area contributed by atoms with Crippen molar-refractivity contribution in [3.8, 4) is 23.3 Å². The van der Waals surface area contributed by atoms with Crippen LogP contribution in [0.1, 0.15) is 24.8 Å². The highest BCUT2D eigenvalue weighted by Crippen LogP contribution is 2.47. The van der Waals surface area contributed by atoms with Crippen LogP contribution in [0.25, 0.3) is 32.2 Å². The standard InChI is InChI=1S/C29H28F4N8OS/c30-15-1-6-40(12-15)13-29(2-3-29)14-42-28-38-24-18(27(39-28)41-7-4-36-5-8-41)11-37-23(22(24)33)16-9-19(31)21(32)25-20(16)17(10-34)26(35)43-25/h9,11,15,36H,1-8,12-14,35H2/t15-/m1/s1. The van der Waals surface area contributed by atoms with E-state index in [0.29, 0.717) is 70.0 Å². The van der Waals surface area contributed by atoms with E-state index in [4.69, 9.17) is 10.5 Å². The molecule has 9 nitrogen and oxygen atoms in total. The van der Waals surface area contributed by atoms with Gasteiger partial charge in [0.15, 0.2) is 17.5 Å². The largest absolute Gasteiger partial charge is 0.463 e. The Bertz CT molecular complexity index is 1780. The lowest BCUT2D eigenvalue weighted by Gasteiger charge is -2.29. The van der Waals surface area contributed by atoms with Gasteiger partial charge in [0.05, 0.1) is 22.3 Å². The summed E-state index contributed by atoms with van der Waals surface area (Å²) in [7, 11) is 0. The first-order valence-corrected chi connectivity index (χ1v) is 15.0. The topological polar surface area (TPSA) is 116 Å². The molecule has 43 heavy (non-hydrogen) atoms. The summed E-state index contributed by atoms with van der Waals surface area (Å²) >= 11 is 0.720. The number of likely N-dealkylation sites (tertiary alicyclic amines) is 1. The number of nitrogens with one attached hydrogen (secondary N) is 1. The minimum Gasteiger partial charge on any atom is -0.463 e. The molecule has 2 aliphatic heterocycles. The number of fused-ring (bicyclic) bond motifs is 2. The third-order valence-corrected chi connectivity index (χ3v) is 9.56. The van der Waals surface area contributed by atoms with E-state index in [1.807, 2.05) is 11.0 Å². The Kier molecular flexibility index (Phi) is 6.98. The molecular weight excluding hydrogens is 584 g/mol. The van der Waals surface area contributed by atoms with Crippen molar-refractivity contribution in [2.24, 2.45) is 5.41 Å². The molecule has 2 saturated heterocycles. The number of aromatic nitrogens is 3. The van der Waals surface area contributed by atoms with Gasteiger partial charge in [0.25, 0.3) is 0 Å². The molecule has 14 heteroatoms. The molecule has 3 aliphatic rings. The molecule has 0 amide bonds. The van der Waals surface area contributed by atoms with Crippen LogP contribution in [0, 0.1) is 34.2 Å². The number of halogens is 4. The minimum absolute atomic E-state index is 0.00406. The normalized spacial score (nSPS) is 20.2. The van der Waals surface area contributed by atoms with Crippen LogP contribution in [0.4, 0.5) is 28.4 Å². The van der Waals surface area contributed by atoms with E-state index in [1.54, 1.807) is 0 Å². The number of nitrogens with zero attached hydrogens (tertiary/aromatic N) is 6. The van der Waals surface area contributed by atoms with Gasteiger partial charge in [-0.1, -0.05) is 0 Å². The highest BCUT2D eigenvalue weighted by Gasteiger charge is 2.46. The number of piperazine rings is 1. The predicted molar refractivity (Wildman–Crippen MR) is 155 cm³/mol. The van der Waals surface area contributed by atoms with Crippen LogP contribution >= 0.6 is 11.3 Å². The summed E-state index contributed by atoms with van der Waals surface area (Å²) in [4.78, 5) is 17.5. The molecule has 0 spiro atoms. The predicted octanol–water partition coefficient (Wildman–Crippen LogP) is 4.39. The molecule has 1 aliphatic carbocycles. The Balaban J connectivity index is 1.31. The second kappa shape index (κ2) is 10.7. The lowest BCUT2D eigenvalue weighted by molar-refractivity contribution is 0.165. The Labute approximate surface area is 248 Å². The Morgan fingerprint density at radius 2 is 1.95 bits per heavy atom. The van der Waals surface area contributed by atoms with Crippen LogP contribution in [0.3, 0.4) is 0 Å². The van der Waals surface area contributed by atoms with Crippen molar-refractivity contribution >= 4 is 43.1 Å². The zero-order chi connectivity index (χ0) is 29.9. The Morgan fingerprint density at radius 3 is 2.65 bits per heavy atom. The number of nitrogens with two attached hydrogens (primary N) is 1. The molecule has 3 aromatic heterocycles. The van der Waals surface area contributed by atoms with E-state index in [9.17, 15) is 18.4 Å². The number of hydrogen-bond acceptors (Lipinski definition) is 10. The van der Waals surface area contributed by atoms with E-state index >= 15 is 4.39 Å². The second-order valence-corrected chi connectivity index (χ2v) is 12.6. The lowest BCUT2D eigenvalue weighted by atomic mass is 10.0. The summed E-state index contributed by atoms with van der Waals surface area (Å²) in [5.41, 5.74) is 5.24. The van der Waals surface area contributed by atoms with Crippen molar-refractivity contribution in [2.45, 2.75) is 25.4 Å². The molecule has 7 rings (SSSR count). The lowest BCUT2D eigenvalue weighted by Crippen LogP contribution is -2.44. The zero-order valence-corrected chi connectivity index (χ0v) is 23.9. The van der Waals surface area contributed by atoms with Crippen LogP contribution in [0.2, 0.25) is 0 Å². The van der Waals surface area contributed by atoms with Gasteiger partial charge < -0.3 is 20.7 Å². The maximum Gasteiger partial charge on any atom is 0.319 e. The van der Waals surface area contributed by atoms with E-state index in [2.05, 4.69) is 25.2 Å². The van der Waals surface area contributed by atoms with Gasteiger partial charge in [-0.15, -0.1) is 11.3 Å². The highest BCUT2D eigenvalue weighted by atomic mass is 32.1. The fraction of sp³-hybridized carbons (Fsp3) is 0.448. The van der Waals surface area contributed by atoms with Gasteiger partial charge in [0.2, 0.25) is 0 Å². The summed E-state index contributed by atoms with van der Waals surface area (Å²) in [5.74, 6) is -2.80. The van der Waals surface area contributed by atoms with Crippen LogP contribution in [-0.2, 0) is 0 Å². The molecule has 5 heterocycles. The monoisotopic (exact) mass is 612 g/mol. The number of anilines is 2. The van der Waals surface area contributed by atoms with Crippen LogP contribution in [-0.4, -0.2) is 78.4 Å². The van der Waals surface area contributed by atoms with Crippen molar-refractivity contribution in [3.63, 3.8) is 0 Å². The summed E-state index contributed by atoms with van der Waals surface area (Å²) < 4.78 is 65.6. The van der Waals surface area contributed by atoms with Gasteiger partial charge >= 0.3 is 6.01 Å². The van der Waals surface area contributed by atoms with Crippen molar-refractivity contribution < 1.29 is 22.3 Å². The molecule has 224 valence electrons. The second-order valence-electron chi connectivity index (χ2n) is 11.5. The molecule has 3 N–H and O–H groups in total. The van der Waals surface area contributed by atoms with Crippen molar-refractivity contribution in [2.75, 3.05) is 63.1 Å². The van der Waals surface area contributed by atoms with E-state index in [0.717, 1.165) is 30.2 Å². The molecule has 0 bridgehead atoms. The number of nitriles is 1. The van der Waals surface area contributed by atoms with Gasteiger partial charge in [-0.2, -0.15) is 15.2 Å². The first kappa shape index (κ1) is 28.0. The molecule has 1 atom stereocenters. The van der Waals surface area contributed by atoms with Gasteiger partial charge in [-0.05, 0) is 25.3 Å². The van der Waals surface area contributed by atoms with Crippen LogP contribution in [0.15, 0.2) is 12.3 Å². The summed E-state index contributed by atoms with van der Waals surface area (Å²) in [6.07, 6.45) is 2.99. The highest BCUT2D eigenvalue weighted by molar-refractivity contribution is 7.23. The quantitative estimate of drug-likeness (QED) is 0.293. The van der Waals surface area contributed by atoms with Crippen LogP contribution in [0.5, 0.6) is 6.01 Å². The summed E-state index contributed by atoms with van der Waals surface area (Å²) in [5, 5.41) is 13.3. The van der Waals surface area contributed by atoms with Gasteiger partial charge in [-0.3, -0.25) is 9.88 Å². The number of alkyl halides is 1. The molecule has 4 aromatic rings. The van der Waals surface area contributed by atoms with Gasteiger partial charge in [0, 0.05) is 68.4 Å². The van der Waals surface area contributed by atoms with E-state index in [-0.39, 0.29) is 48.9 Å². The number of rotatable bonds is 7. The molecule has 1 aromatic carbocycles. The zero-order valence-electron chi connectivity index (χ0n) is 23.1. The molecule has 1 saturated carbocycles. The summed E-state index contributed by atoms with van der Waals surface area (Å²) in [6.45, 7) is 4.78. The van der Waals surface area contributed by atoms with E-state index in [1.165, 1.54) is 6.20 Å². The smallest absolute Gasteiger partial charge is 0.319 e. The average molecular weight is 613 g/mol. The third-order valence-electron chi connectivity index (χ3n) is 8.55. The molecule has 3 fully saturated rings. The number of thiophene rings is 1. The number of nitrogen functional groups attached to an aromatic ring is 1. The summed E-state index contributed by atoms with van der Waals surface area (Å²) in [6, 6.07) is 2.74. The maximum atomic E-state index is 16.5. The van der Waals surface area contributed by atoms with Crippen LogP contribution < -0.4 is 20.7 Å². The maximum absolute atomic E-state index is 16.5. The number of ether oxygens (including phenoxy) is 1. The van der Waals surface area contributed by atoms with Crippen molar-refractivity contribution in [1.29, 1.82) is 5.26 Å². The van der Waals surface area contributed by atoms with Gasteiger partial charge in [0.1, 0.15) is 34.3 Å². The van der Waals surface area contributed by atoms with Crippen molar-refractivity contribution in [1.82, 2.24) is 25.2 Å². The Morgan fingerprint density at radius 1 is 1.16 bits per heavy atom. The third kappa shape index (κ3) is 4.99. The fourth-order valence-corrected chi connectivity index (χ4v) is 7.04. The first-order chi connectivity index (χ1) is 20.8.